The number of benzene rings is 1. The van der Waals surface area contributed by atoms with E-state index in [4.69, 9.17) is 17.2 Å². The van der Waals surface area contributed by atoms with Crippen LogP contribution in [-0.2, 0) is 0 Å². The second-order valence-electron chi connectivity index (χ2n) is 2.68. The third-order valence-corrected chi connectivity index (χ3v) is 1.43. The normalized spacial score (nSPS) is 10.5. The van der Waals surface area contributed by atoms with Crippen LogP contribution in [0.1, 0.15) is 0 Å². The number of nitrogens with zero attached hydrogens (tertiary/aromatic N) is 1. The fourth-order valence-electron chi connectivity index (χ4n) is 0.870. The molecule has 1 rings (SSSR count). The summed E-state index contributed by atoms with van der Waals surface area (Å²) in [4.78, 5) is 6.01. The second-order valence-corrected chi connectivity index (χ2v) is 2.68. The molecule has 5 nitrogen and oxygen atoms in total. The fourth-order valence-corrected chi connectivity index (χ4v) is 0.870. The maximum atomic E-state index is 12.7. The molecule has 0 aliphatic carbocycles. The highest BCUT2D eigenvalue weighted by Crippen LogP contribution is 2.15. The molecule has 0 aromatic heterocycles. The zero-order valence-electron chi connectivity index (χ0n) is 8.05. The molecule has 0 spiro atoms. The predicted molar refractivity (Wildman–Crippen MR) is 52.0 cm³/mol. The van der Waals surface area contributed by atoms with Crippen molar-refractivity contribution in [3.8, 4) is 0 Å². The van der Waals surface area contributed by atoms with Gasteiger partial charge in [0.1, 0.15) is 5.69 Å². The van der Waals surface area contributed by atoms with Crippen LogP contribution in [0.25, 0.3) is 0 Å². The summed E-state index contributed by atoms with van der Waals surface area (Å²) in [5.41, 5.74) is 15.7. The number of nitrogens with two attached hydrogens (primary N) is 3. The number of aliphatic imine (C=N–C) groups is 1. The number of hydrogen-bond acceptors (Lipinski definition) is 1. The molecule has 0 fully saturated rings. The fraction of sp³-hybridized carbons (Fsp3) is 0. The Balaban J connectivity index is 0.00000225. The SMILES string of the molecule is NC(=Nc1ccc(F)c(F)c1)[NH+]=C(N)N.[Cl-]. The van der Waals surface area contributed by atoms with Gasteiger partial charge in [-0.25, -0.2) is 13.8 Å². The molecule has 0 atom stereocenters. The summed E-state index contributed by atoms with van der Waals surface area (Å²) in [6.45, 7) is 0. The van der Waals surface area contributed by atoms with Crippen molar-refractivity contribution >= 4 is 17.6 Å². The van der Waals surface area contributed by atoms with Gasteiger partial charge in [0.25, 0.3) is 5.96 Å². The molecule has 0 heterocycles. The van der Waals surface area contributed by atoms with Crippen molar-refractivity contribution < 1.29 is 26.2 Å². The Kier molecular flexibility index (Phi) is 5.17. The van der Waals surface area contributed by atoms with E-state index in [9.17, 15) is 8.78 Å². The molecule has 0 radical (unpaired) electrons. The first-order valence-electron chi connectivity index (χ1n) is 3.93. The second kappa shape index (κ2) is 5.86. The summed E-state index contributed by atoms with van der Waals surface area (Å²) in [7, 11) is 0. The van der Waals surface area contributed by atoms with Crippen molar-refractivity contribution in [2.24, 2.45) is 22.2 Å². The summed E-state index contributed by atoms with van der Waals surface area (Å²) in [6, 6.07) is 3.10. The van der Waals surface area contributed by atoms with E-state index in [0.29, 0.717) is 0 Å². The van der Waals surface area contributed by atoms with Crippen molar-refractivity contribution in [2.75, 3.05) is 0 Å². The van der Waals surface area contributed by atoms with E-state index in [0.717, 1.165) is 12.1 Å². The Bertz CT molecular complexity index is 428. The Labute approximate surface area is 96.5 Å². The van der Waals surface area contributed by atoms with Gasteiger partial charge in [-0.15, -0.1) is 4.99 Å². The van der Waals surface area contributed by atoms with Gasteiger partial charge in [0.15, 0.2) is 11.6 Å². The lowest BCUT2D eigenvalue weighted by molar-refractivity contribution is -0.320. The molecule has 1 aromatic carbocycles. The van der Waals surface area contributed by atoms with Crippen LogP contribution in [0.2, 0.25) is 0 Å². The number of nitrogens with one attached hydrogen (secondary N) is 1. The largest absolute Gasteiger partial charge is 1.00 e. The number of hydrogen-bond donors (Lipinski definition) is 4. The van der Waals surface area contributed by atoms with E-state index in [1.807, 2.05) is 0 Å². The third kappa shape index (κ3) is 4.09. The minimum Gasteiger partial charge on any atom is -1.00 e. The van der Waals surface area contributed by atoms with Crippen molar-refractivity contribution in [1.82, 2.24) is 0 Å². The summed E-state index contributed by atoms with van der Waals surface area (Å²) in [6.07, 6.45) is 0. The van der Waals surface area contributed by atoms with E-state index < -0.39 is 11.6 Å². The number of halogens is 3. The first kappa shape index (κ1) is 14.1. The maximum absolute atomic E-state index is 12.7. The monoisotopic (exact) mass is 249 g/mol. The Hall–Kier alpha value is -1.89. The summed E-state index contributed by atoms with van der Waals surface area (Å²) in [5, 5.41) is 0. The first-order chi connectivity index (χ1) is 6.99. The van der Waals surface area contributed by atoms with Gasteiger partial charge in [-0.1, -0.05) is 0 Å². The highest BCUT2D eigenvalue weighted by atomic mass is 35.5. The highest BCUT2D eigenvalue weighted by molar-refractivity contribution is 5.79. The van der Waals surface area contributed by atoms with Crippen LogP contribution in [0.5, 0.6) is 0 Å². The average molecular weight is 250 g/mol. The van der Waals surface area contributed by atoms with E-state index in [1.54, 1.807) is 0 Å². The van der Waals surface area contributed by atoms with Crippen molar-refractivity contribution in [3.05, 3.63) is 29.8 Å². The predicted octanol–water partition coefficient (Wildman–Crippen LogP) is -4.73. The first-order valence-corrected chi connectivity index (χ1v) is 3.93. The minimum atomic E-state index is -1.01. The third-order valence-electron chi connectivity index (χ3n) is 1.43. The molecule has 0 saturated heterocycles. The van der Waals surface area contributed by atoms with Gasteiger partial charge in [-0.3, -0.25) is 0 Å². The zero-order valence-corrected chi connectivity index (χ0v) is 8.80. The van der Waals surface area contributed by atoms with Gasteiger partial charge in [-0.05, 0) is 12.1 Å². The van der Waals surface area contributed by atoms with Crippen LogP contribution in [0.3, 0.4) is 0 Å². The van der Waals surface area contributed by atoms with Gasteiger partial charge in [0.05, 0.1) is 0 Å². The van der Waals surface area contributed by atoms with Crippen LogP contribution < -0.4 is 34.6 Å². The van der Waals surface area contributed by atoms with E-state index in [1.165, 1.54) is 6.07 Å². The molecule has 88 valence electrons. The van der Waals surface area contributed by atoms with Gasteiger partial charge < -0.3 is 29.6 Å². The topological polar surface area (TPSA) is 104 Å². The summed E-state index contributed by atoms with van der Waals surface area (Å²) >= 11 is 0. The van der Waals surface area contributed by atoms with Gasteiger partial charge in [-0.2, -0.15) is 0 Å². The molecule has 0 bridgehead atoms. The van der Waals surface area contributed by atoms with Gasteiger partial charge >= 0.3 is 5.96 Å². The van der Waals surface area contributed by atoms with Crippen molar-refractivity contribution in [3.63, 3.8) is 0 Å². The Morgan fingerprint density at radius 3 is 2.25 bits per heavy atom. The number of rotatable bonds is 1. The molecule has 16 heavy (non-hydrogen) atoms. The van der Waals surface area contributed by atoms with E-state index in [2.05, 4.69) is 9.98 Å². The molecule has 0 amide bonds. The Morgan fingerprint density at radius 2 is 1.75 bits per heavy atom. The Morgan fingerprint density at radius 1 is 1.12 bits per heavy atom. The smallest absolute Gasteiger partial charge is 0.316 e. The van der Waals surface area contributed by atoms with E-state index >= 15 is 0 Å². The molecular weight excluding hydrogens is 240 g/mol. The van der Waals surface area contributed by atoms with Gasteiger partial charge in [0.2, 0.25) is 0 Å². The maximum Gasteiger partial charge on any atom is 0.316 e. The van der Waals surface area contributed by atoms with Crippen LogP contribution in [0.4, 0.5) is 14.5 Å². The van der Waals surface area contributed by atoms with Crippen LogP contribution >= 0.6 is 0 Å². The average Bonchev–Trinajstić information content (AvgIpc) is 2.10. The summed E-state index contributed by atoms with van der Waals surface area (Å²) < 4.78 is 25.3. The molecule has 8 heteroatoms. The molecule has 0 aliphatic heterocycles. The van der Waals surface area contributed by atoms with Crippen molar-refractivity contribution in [2.45, 2.75) is 0 Å². The van der Waals surface area contributed by atoms with Crippen LogP contribution in [-0.4, -0.2) is 11.9 Å². The zero-order chi connectivity index (χ0) is 11.4. The molecular formula is C8H10ClF2N5. The van der Waals surface area contributed by atoms with E-state index in [-0.39, 0.29) is 30.0 Å². The molecule has 0 unspecified atom stereocenters. The lowest BCUT2D eigenvalue weighted by Gasteiger charge is -1.93. The molecule has 7 N–H and O–H groups in total. The number of guanidine groups is 2. The molecule has 1 aromatic rings. The van der Waals surface area contributed by atoms with Crippen LogP contribution in [0, 0.1) is 11.6 Å². The lowest BCUT2D eigenvalue weighted by Crippen LogP contribution is -3.00. The van der Waals surface area contributed by atoms with Crippen molar-refractivity contribution in [1.29, 1.82) is 0 Å². The highest BCUT2D eigenvalue weighted by Gasteiger charge is 2.03. The summed E-state index contributed by atoms with van der Waals surface area (Å²) in [5.74, 6) is -2.21. The van der Waals surface area contributed by atoms with Gasteiger partial charge in [0, 0.05) is 6.07 Å². The minimum absolute atomic E-state index is 0. The van der Waals surface area contributed by atoms with Crippen LogP contribution in [0.15, 0.2) is 23.2 Å². The standard InChI is InChI=1S/C8H9F2N5.ClH/c9-5-2-1-4(3-6(5)10)14-8(13)15-7(11)12;/h1-3H,(H6,11,12,13,14,15);1H. The molecule has 0 saturated carbocycles. The lowest BCUT2D eigenvalue weighted by atomic mass is 10.3. The quantitative estimate of drug-likeness (QED) is 0.297. The molecule has 0 aliphatic rings.